The second kappa shape index (κ2) is 11.8. The van der Waals surface area contributed by atoms with Gasteiger partial charge in [0.15, 0.2) is 0 Å². The number of fused-ring (bicyclic) bond motifs is 5. The van der Waals surface area contributed by atoms with Gasteiger partial charge in [0.2, 0.25) is 0 Å². The minimum atomic E-state index is -5.81. The molecular formula is C47H44Cl2Hf. The Bertz CT molecular complexity index is 2310. The Labute approximate surface area is 305 Å². The first-order chi connectivity index (χ1) is 23.8. The summed E-state index contributed by atoms with van der Waals surface area (Å²) in [5.74, 6) is 0. The van der Waals surface area contributed by atoms with Gasteiger partial charge < -0.3 is 0 Å². The number of rotatable bonds is 4. The van der Waals surface area contributed by atoms with Crippen LogP contribution in [0.3, 0.4) is 0 Å². The van der Waals surface area contributed by atoms with Crippen LogP contribution < -0.4 is 0 Å². The van der Waals surface area contributed by atoms with Crippen molar-refractivity contribution in [3.05, 3.63) is 179 Å². The fourth-order valence-corrected chi connectivity index (χ4v) is 36.2. The van der Waals surface area contributed by atoms with Crippen molar-refractivity contribution < 1.29 is 15.7 Å². The number of hydrogen-bond acceptors (Lipinski definition) is 0. The number of halogens is 2. The molecule has 0 atom stereocenters. The van der Waals surface area contributed by atoms with Crippen LogP contribution in [0.1, 0.15) is 78.6 Å². The SMILES string of the molecule is CC(C)(C)c1ccc2c(c1)[CH]([Hf]([Cl])([Cl])(=[C](c1cccc3ccccc13)c1cccc3ccccc13)[CH]1C=CC=C1)c1cc(C(C)(C)C)ccc1-2. The van der Waals surface area contributed by atoms with Crippen molar-refractivity contribution in [3.8, 4) is 11.1 Å². The van der Waals surface area contributed by atoms with Crippen molar-refractivity contribution in [3.63, 3.8) is 0 Å². The quantitative estimate of drug-likeness (QED) is 0.155. The summed E-state index contributed by atoms with van der Waals surface area (Å²) in [5, 5.41) is 4.73. The third-order valence-electron chi connectivity index (χ3n) is 11.2. The summed E-state index contributed by atoms with van der Waals surface area (Å²) in [7, 11) is 18.2. The molecule has 250 valence electrons. The van der Waals surface area contributed by atoms with Gasteiger partial charge in [0.1, 0.15) is 0 Å². The van der Waals surface area contributed by atoms with E-state index in [9.17, 15) is 0 Å². The third-order valence-corrected chi connectivity index (χ3v) is 39.2. The molecule has 0 saturated carbocycles. The van der Waals surface area contributed by atoms with Gasteiger partial charge in [-0.3, -0.25) is 0 Å². The van der Waals surface area contributed by atoms with E-state index < -0.39 is 15.7 Å². The zero-order chi connectivity index (χ0) is 35.1. The van der Waals surface area contributed by atoms with E-state index in [1.807, 2.05) is 0 Å². The van der Waals surface area contributed by atoms with Crippen molar-refractivity contribution in [2.45, 2.75) is 59.7 Å². The van der Waals surface area contributed by atoms with Crippen molar-refractivity contribution in [1.82, 2.24) is 0 Å². The Hall–Kier alpha value is -3.36. The van der Waals surface area contributed by atoms with E-state index in [1.165, 1.54) is 54.9 Å². The van der Waals surface area contributed by atoms with E-state index >= 15 is 0 Å². The van der Waals surface area contributed by atoms with E-state index in [0.717, 1.165) is 14.4 Å². The molecule has 50 heavy (non-hydrogen) atoms. The van der Waals surface area contributed by atoms with E-state index in [0.29, 0.717) is 0 Å². The Morgan fingerprint density at radius 2 is 0.940 bits per heavy atom. The molecule has 0 aliphatic heterocycles. The Balaban J connectivity index is 1.65. The number of allylic oxidation sites excluding steroid dienone is 4. The molecule has 0 aromatic heterocycles. The molecule has 6 aromatic carbocycles. The second-order valence-corrected chi connectivity index (χ2v) is 45.9. The van der Waals surface area contributed by atoms with Gasteiger partial charge in [-0.05, 0) is 0 Å². The summed E-state index contributed by atoms with van der Waals surface area (Å²) in [5.41, 5.74) is 9.84. The molecule has 8 rings (SSSR count). The Morgan fingerprint density at radius 1 is 0.520 bits per heavy atom. The van der Waals surface area contributed by atoms with Crippen molar-refractivity contribution >= 4 is 42.0 Å². The van der Waals surface area contributed by atoms with Crippen LogP contribution in [-0.4, -0.2) is 3.26 Å². The molecule has 2 aliphatic rings. The summed E-state index contributed by atoms with van der Waals surface area (Å²) in [4.78, 5) is 0. The second-order valence-electron chi connectivity index (χ2n) is 16.4. The molecule has 0 nitrogen and oxygen atoms in total. The van der Waals surface area contributed by atoms with Crippen molar-refractivity contribution in [2.24, 2.45) is 0 Å². The maximum atomic E-state index is 9.08. The standard InChI is InChI=1S/C21H14.C21H25.C5H5.2ClH.Hf/c1-3-13-20-16(7-1)9-5-11-18(20)15-19-12-6-10-17-8-2-4-14-21(17)19;1-20(2,3)16-7-9-18-14(12-16)11-15-13-17(21(4,5)6)8-10-19(15)18;1-2-4-5-3-1;;;/h1-14H;7-13H,1-6H3;1-5H;2*1H;/q;;;;;+2/p-2. The Kier molecular flexibility index (Phi) is 8.00. The molecule has 0 spiro atoms. The van der Waals surface area contributed by atoms with Crippen LogP contribution in [0.2, 0.25) is 3.67 Å². The zero-order valence-corrected chi connectivity index (χ0v) is 34.9. The zero-order valence-electron chi connectivity index (χ0n) is 29.8. The molecule has 0 amide bonds. The van der Waals surface area contributed by atoms with Crippen LogP contribution >= 0.6 is 17.2 Å². The number of hydrogen-bond donors (Lipinski definition) is 0. The average molecular weight is 858 g/mol. The van der Waals surface area contributed by atoms with E-state index in [4.69, 9.17) is 17.2 Å². The van der Waals surface area contributed by atoms with Crippen molar-refractivity contribution in [2.75, 3.05) is 0 Å². The van der Waals surface area contributed by atoms with Gasteiger partial charge in [0, 0.05) is 0 Å². The third kappa shape index (κ3) is 5.22. The molecule has 0 fully saturated rings. The van der Waals surface area contributed by atoms with E-state index in [2.05, 4.69) is 187 Å². The molecular weight excluding hydrogens is 814 g/mol. The molecule has 0 bridgehead atoms. The van der Waals surface area contributed by atoms with Crippen LogP contribution in [0.15, 0.2) is 146 Å². The molecule has 0 saturated heterocycles. The van der Waals surface area contributed by atoms with Crippen LogP contribution in [0.25, 0.3) is 32.7 Å². The first-order valence-corrected chi connectivity index (χ1v) is 32.7. The van der Waals surface area contributed by atoms with Crippen LogP contribution in [0.4, 0.5) is 0 Å². The summed E-state index contributed by atoms with van der Waals surface area (Å²) in [6.07, 6.45) is 8.90. The Morgan fingerprint density at radius 3 is 1.38 bits per heavy atom. The summed E-state index contributed by atoms with van der Waals surface area (Å²) in [6, 6.07) is 44.9. The molecule has 3 heteroatoms. The predicted molar refractivity (Wildman–Crippen MR) is 216 cm³/mol. The molecule has 0 N–H and O–H groups in total. The normalized spacial score (nSPS) is 15.2. The number of benzene rings is 6. The van der Waals surface area contributed by atoms with Gasteiger partial charge in [-0.25, -0.2) is 0 Å². The van der Waals surface area contributed by atoms with Crippen LogP contribution in [0, 0.1) is 0 Å². The fourth-order valence-electron chi connectivity index (χ4n) is 8.60. The van der Waals surface area contributed by atoms with Gasteiger partial charge in [0.05, 0.1) is 0 Å². The molecule has 6 aromatic rings. The van der Waals surface area contributed by atoms with Gasteiger partial charge in [-0.2, -0.15) is 0 Å². The molecule has 0 unspecified atom stereocenters. The van der Waals surface area contributed by atoms with Gasteiger partial charge in [-0.15, -0.1) is 0 Å². The van der Waals surface area contributed by atoms with Crippen LogP contribution in [-0.2, 0) is 26.5 Å². The topological polar surface area (TPSA) is 0 Å². The monoisotopic (exact) mass is 858 g/mol. The minimum absolute atomic E-state index is 0.0407. The predicted octanol–water partition coefficient (Wildman–Crippen LogP) is 13.8. The van der Waals surface area contributed by atoms with Crippen molar-refractivity contribution in [1.29, 1.82) is 0 Å². The van der Waals surface area contributed by atoms with Gasteiger partial charge in [0.25, 0.3) is 0 Å². The first-order valence-electron chi connectivity index (χ1n) is 17.8. The van der Waals surface area contributed by atoms with Gasteiger partial charge >= 0.3 is 307 Å². The fraction of sp³-hybridized carbons (Fsp3) is 0.213. The summed E-state index contributed by atoms with van der Waals surface area (Å²) < 4.78 is 0.838. The summed E-state index contributed by atoms with van der Waals surface area (Å²) in [6.45, 7) is 13.8. The van der Waals surface area contributed by atoms with E-state index in [1.54, 1.807) is 0 Å². The van der Waals surface area contributed by atoms with Crippen LogP contribution in [0.5, 0.6) is 0 Å². The average Bonchev–Trinajstić information content (AvgIpc) is 3.76. The molecule has 2 aliphatic carbocycles. The summed E-state index contributed by atoms with van der Waals surface area (Å²) >= 11 is -5.81. The first kappa shape index (κ1) is 33.8. The molecule has 0 heterocycles. The van der Waals surface area contributed by atoms with Gasteiger partial charge in [-0.1, -0.05) is 0 Å². The van der Waals surface area contributed by atoms with E-state index in [-0.39, 0.29) is 18.2 Å². The molecule has 0 radical (unpaired) electrons. The maximum absolute atomic E-state index is 9.08.